The molecule has 2 unspecified atom stereocenters. The Bertz CT molecular complexity index is 668. The molecule has 1 aliphatic rings. The minimum atomic E-state index is -3.62. The largest absolute Gasteiger partial charge is 0.506 e. The van der Waals surface area contributed by atoms with Crippen LogP contribution >= 0.6 is 0 Å². The lowest BCUT2D eigenvalue weighted by Gasteiger charge is -2.19. The van der Waals surface area contributed by atoms with E-state index in [0.717, 1.165) is 6.42 Å². The number of sulfonamides is 1. The number of benzene rings is 1. The molecule has 1 fully saturated rings. The van der Waals surface area contributed by atoms with Gasteiger partial charge in [-0.25, -0.2) is 8.42 Å². The van der Waals surface area contributed by atoms with Crippen LogP contribution in [-0.2, 0) is 14.8 Å². The van der Waals surface area contributed by atoms with Crippen molar-refractivity contribution in [2.45, 2.75) is 32.1 Å². The molecule has 2 N–H and O–H groups in total. The van der Waals surface area contributed by atoms with E-state index in [-0.39, 0.29) is 28.2 Å². The second-order valence-corrected chi connectivity index (χ2v) is 7.51. The summed E-state index contributed by atoms with van der Waals surface area (Å²) in [7, 11) is -3.62. The van der Waals surface area contributed by atoms with Crippen molar-refractivity contribution in [1.82, 2.24) is 4.31 Å². The van der Waals surface area contributed by atoms with Gasteiger partial charge in [-0.2, -0.15) is 4.31 Å². The fourth-order valence-electron chi connectivity index (χ4n) is 2.40. The minimum absolute atomic E-state index is 0.0533. The number of hydrogen-bond donors (Lipinski definition) is 2. The predicted molar refractivity (Wildman–Crippen MR) is 84.1 cm³/mol. The van der Waals surface area contributed by atoms with Gasteiger partial charge in [-0.1, -0.05) is 20.8 Å². The number of phenols is 1. The van der Waals surface area contributed by atoms with E-state index >= 15 is 0 Å². The first kappa shape index (κ1) is 16.8. The van der Waals surface area contributed by atoms with Crippen molar-refractivity contribution in [2.24, 2.45) is 11.8 Å². The van der Waals surface area contributed by atoms with Gasteiger partial charge in [0.05, 0.1) is 10.6 Å². The van der Waals surface area contributed by atoms with Gasteiger partial charge in [-0.3, -0.25) is 4.79 Å². The minimum Gasteiger partial charge on any atom is -0.506 e. The summed E-state index contributed by atoms with van der Waals surface area (Å²) >= 11 is 0. The first-order valence-corrected chi connectivity index (χ1v) is 8.89. The number of nitrogens with one attached hydrogen (secondary N) is 1. The van der Waals surface area contributed by atoms with E-state index in [9.17, 15) is 18.3 Å². The van der Waals surface area contributed by atoms with Crippen LogP contribution in [0, 0.1) is 11.8 Å². The van der Waals surface area contributed by atoms with Crippen LogP contribution in [0.15, 0.2) is 23.1 Å². The van der Waals surface area contributed by atoms with Gasteiger partial charge >= 0.3 is 0 Å². The molecule has 122 valence electrons. The van der Waals surface area contributed by atoms with Gasteiger partial charge in [0.25, 0.3) is 0 Å². The summed E-state index contributed by atoms with van der Waals surface area (Å²) in [5, 5.41) is 12.5. The molecule has 1 saturated carbocycles. The summed E-state index contributed by atoms with van der Waals surface area (Å²) < 4.78 is 26.3. The third kappa shape index (κ3) is 3.25. The smallest absolute Gasteiger partial charge is 0.243 e. The molecule has 0 saturated heterocycles. The van der Waals surface area contributed by atoms with Crippen molar-refractivity contribution in [2.75, 3.05) is 18.4 Å². The van der Waals surface area contributed by atoms with Crippen LogP contribution < -0.4 is 5.32 Å². The lowest BCUT2D eigenvalue weighted by Crippen LogP contribution is -2.30. The highest BCUT2D eigenvalue weighted by molar-refractivity contribution is 7.89. The number of aromatic hydroxyl groups is 1. The molecule has 2 rings (SSSR count). The number of carbonyl (C=O) groups is 1. The Kier molecular flexibility index (Phi) is 4.77. The summed E-state index contributed by atoms with van der Waals surface area (Å²) in [6, 6.07) is 3.95. The zero-order valence-corrected chi connectivity index (χ0v) is 13.9. The van der Waals surface area contributed by atoms with Gasteiger partial charge < -0.3 is 10.4 Å². The van der Waals surface area contributed by atoms with Crippen LogP contribution in [0.3, 0.4) is 0 Å². The van der Waals surface area contributed by atoms with Gasteiger partial charge in [0, 0.05) is 19.0 Å². The third-order valence-corrected chi connectivity index (χ3v) is 6.06. The lowest BCUT2D eigenvalue weighted by atomic mass is 10.2. The van der Waals surface area contributed by atoms with E-state index in [4.69, 9.17) is 0 Å². The highest BCUT2D eigenvalue weighted by atomic mass is 32.2. The fraction of sp³-hybridized carbons (Fsp3) is 0.533. The first-order chi connectivity index (χ1) is 10.3. The standard InChI is InChI=1S/C15H22N2O4S/c1-4-17(5-2)22(20,21)11-6-7-14(18)13(9-11)16-15(19)12-8-10(12)3/h6-7,9-10,12,18H,4-5,8H2,1-3H3,(H,16,19). The van der Waals surface area contributed by atoms with Gasteiger partial charge in [0.1, 0.15) is 5.75 Å². The molecule has 0 spiro atoms. The normalized spacial score (nSPS) is 20.9. The van der Waals surface area contributed by atoms with Crippen LogP contribution in [0.4, 0.5) is 5.69 Å². The molecule has 7 heteroatoms. The highest BCUT2D eigenvalue weighted by Crippen LogP contribution is 2.39. The summed E-state index contributed by atoms with van der Waals surface area (Å²) in [5.41, 5.74) is 0.136. The maximum Gasteiger partial charge on any atom is 0.243 e. The number of amides is 1. The second kappa shape index (κ2) is 6.26. The van der Waals surface area contributed by atoms with Crippen LogP contribution in [0.1, 0.15) is 27.2 Å². The van der Waals surface area contributed by atoms with Gasteiger partial charge in [-0.15, -0.1) is 0 Å². The molecule has 0 radical (unpaired) electrons. The van der Waals surface area contributed by atoms with Crippen LogP contribution in [0.5, 0.6) is 5.75 Å². The van der Waals surface area contributed by atoms with E-state index in [1.54, 1.807) is 13.8 Å². The van der Waals surface area contributed by atoms with E-state index in [1.165, 1.54) is 22.5 Å². The Morgan fingerprint density at radius 3 is 2.45 bits per heavy atom. The third-order valence-electron chi connectivity index (χ3n) is 4.02. The molecule has 1 aromatic rings. The molecule has 0 aliphatic heterocycles. The summed E-state index contributed by atoms with van der Waals surface area (Å²) in [5.74, 6) is -0.0347. The molecule has 22 heavy (non-hydrogen) atoms. The fourth-order valence-corrected chi connectivity index (χ4v) is 3.89. The highest BCUT2D eigenvalue weighted by Gasteiger charge is 2.39. The van der Waals surface area contributed by atoms with Crippen molar-refractivity contribution < 1.29 is 18.3 Å². The molecule has 2 atom stereocenters. The summed E-state index contributed by atoms with van der Waals surface area (Å²) in [6.45, 7) is 6.23. The van der Waals surface area contributed by atoms with Crippen LogP contribution in [-0.4, -0.2) is 36.8 Å². The van der Waals surface area contributed by atoms with E-state index < -0.39 is 10.0 Å². The van der Waals surface area contributed by atoms with Crippen molar-refractivity contribution in [3.63, 3.8) is 0 Å². The number of nitrogens with zero attached hydrogens (tertiary/aromatic N) is 1. The SMILES string of the molecule is CCN(CC)S(=O)(=O)c1ccc(O)c(NC(=O)C2CC2C)c1. The quantitative estimate of drug-likeness (QED) is 0.783. The molecule has 0 heterocycles. The van der Waals surface area contributed by atoms with Crippen molar-refractivity contribution in [1.29, 1.82) is 0 Å². The molecule has 0 bridgehead atoms. The zero-order valence-electron chi connectivity index (χ0n) is 13.0. The van der Waals surface area contributed by atoms with E-state index in [0.29, 0.717) is 19.0 Å². The van der Waals surface area contributed by atoms with Crippen LogP contribution in [0.25, 0.3) is 0 Å². The molecule has 1 aromatic carbocycles. The number of carbonyl (C=O) groups excluding carboxylic acids is 1. The molecule has 1 amide bonds. The lowest BCUT2D eigenvalue weighted by molar-refractivity contribution is -0.117. The molecule has 1 aliphatic carbocycles. The second-order valence-electron chi connectivity index (χ2n) is 5.58. The maximum atomic E-state index is 12.5. The number of anilines is 1. The number of phenolic OH excluding ortho intramolecular Hbond substituents is 1. The maximum absolute atomic E-state index is 12.5. The molecular formula is C15H22N2O4S. The summed E-state index contributed by atoms with van der Waals surface area (Å²) in [4.78, 5) is 12.0. The summed E-state index contributed by atoms with van der Waals surface area (Å²) in [6.07, 6.45) is 0.823. The Morgan fingerprint density at radius 2 is 1.95 bits per heavy atom. The van der Waals surface area contributed by atoms with Gasteiger partial charge in [0.2, 0.25) is 15.9 Å². The zero-order chi connectivity index (χ0) is 16.5. The average molecular weight is 326 g/mol. The van der Waals surface area contributed by atoms with E-state index in [2.05, 4.69) is 5.32 Å². The van der Waals surface area contributed by atoms with E-state index in [1.807, 2.05) is 6.92 Å². The van der Waals surface area contributed by atoms with Crippen molar-refractivity contribution >= 4 is 21.6 Å². The predicted octanol–water partition coefficient (Wildman–Crippen LogP) is 2.02. The Hall–Kier alpha value is -1.60. The number of rotatable bonds is 6. The van der Waals surface area contributed by atoms with Crippen molar-refractivity contribution in [3.8, 4) is 5.75 Å². The topological polar surface area (TPSA) is 86.7 Å². The van der Waals surface area contributed by atoms with Gasteiger partial charge in [0.15, 0.2) is 0 Å². The molecular weight excluding hydrogens is 304 g/mol. The average Bonchev–Trinajstić information content (AvgIpc) is 3.19. The molecule has 6 nitrogen and oxygen atoms in total. The van der Waals surface area contributed by atoms with Crippen LogP contribution in [0.2, 0.25) is 0 Å². The first-order valence-electron chi connectivity index (χ1n) is 7.45. The Morgan fingerprint density at radius 1 is 1.36 bits per heavy atom. The Labute approximate surface area is 131 Å². The van der Waals surface area contributed by atoms with Gasteiger partial charge in [-0.05, 0) is 30.5 Å². The monoisotopic (exact) mass is 326 g/mol. The number of hydrogen-bond acceptors (Lipinski definition) is 4. The van der Waals surface area contributed by atoms with Crippen molar-refractivity contribution in [3.05, 3.63) is 18.2 Å². The molecule has 0 aromatic heterocycles. The Balaban J connectivity index is 2.28.